The average Bonchev–Trinajstić information content (AvgIpc) is 3.13. The van der Waals surface area contributed by atoms with E-state index >= 15 is 0 Å². The number of fused-ring (bicyclic) bond motifs is 1. The van der Waals surface area contributed by atoms with Gasteiger partial charge in [-0.3, -0.25) is 9.69 Å². The molecule has 1 aromatic heterocycles. The van der Waals surface area contributed by atoms with Gasteiger partial charge in [0.15, 0.2) is 5.76 Å². The minimum atomic E-state index is -0.258. The van der Waals surface area contributed by atoms with Crippen molar-refractivity contribution >= 4 is 5.91 Å². The normalized spacial score (nSPS) is 31.1. The summed E-state index contributed by atoms with van der Waals surface area (Å²) in [6.07, 6.45) is 3.16. The molecule has 0 aromatic carbocycles. The molecule has 0 unspecified atom stereocenters. The highest BCUT2D eigenvalue weighted by Gasteiger charge is 2.50. The minimum Gasteiger partial charge on any atom is -0.455 e. The van der Waals surface area contributed by atoms with E-state index in [4.69, 9.17) is 9.15 Å². The van der Waals surface area contributed by atoms with E-state index in [0.717, 1.165) is 38.0 Å². The zero-order valence-electron chi connectivity index (χ0n) is 14.1. The number of methoxy groups -OCH3 is 1. The lowest BCUT2D eigenvalue weighted by atomic mass is 9.79. The second-order valence-corrected chi connectivity index (χ2v) is 6.90. The van der Waals surface area contributed by atoms with Gasteiger partial charge in [0.2, 0.25) is 0 Å². The van der Waals surface area contributed by atoms with Crippen molar-refractivity contribution in [3.8, 4) is 0 Å². The smallest absolute Gasteiger partial charge is 0.289 e. The lowest BCUT2D eigenvalue weighted by Gasteiger charge is -2.42. The monoisotopic (exact) mass is 322 g/mol. The van der Waals surface area contributed by atoms with Crippen LogP contribution in [0.15, 0.2) is 16.5 Å². The molecule has 3 atom stereocenters. The highest BCUT2D eigenvalue weighted by molar-refractivity contribution is 5.91. The third kappa shape index (κ3) is 3.03. The first kappa shape index (κ1) is 16.5. The third-order valence-corrected chi connectivity index (χ3v) is 5.31. The van der Waals surface area contributed by atoms with Crippen LogP contribution in [0.4, 0.5) is 0 Å². The van der Waals surface area contributed by atoms with Crippen molar-refractivity contribution < 1.29 is 19.1 Å². The van der Waals surface area contributed by atoms with Crippen LogP contribution < -0.4 is 0 Å². The van der Waals surface area contributed by atoms with Crippen molar-refractivity contribution in [2.24, 2.45) is 0 Å². The molecular formula is C17H26N2O4. The molecule has 6 heteroatoms. The molecule has 1 saturated heterocycles. The molecule has 1 amide bonds. The van der Waals surface area contributed by atoms with Crippen LogP contribution in [-0.2, 0) is 11.3 Å². The molecule has 1 saturated carbocycles. The predicted octanol–water partition coefficient (Wildman–Crippen LogP) is 1.49. The molecule has 2 heterocycles. The van der Waals surface area contributed by atoms with E-state index in [1.54, 1.807) is 27.3 Å². The molecular weight excluding hydrogens is 296 g/mol. The van der Waals surface area contributed by atoms with Gasteiger partial charge in [-0.15, -0.1) is 0 Å². The summed E-state index contributed by atoms with van der Waals surface area (Å²) in [4.78, 5) is 15.7. The Labute approximate surface area is 137 Å². The Morgan fingerprint density at radius 2 is 2.26 bits per heavy atom. The van der Waals surface area contributed by atoms with Crippen LogP contribution in [0.25, 0.3) is 0 Å². The summed E-state index contributed by atoms with van der Waals surface area (Å²) in [6, 6.07) is 3.80. The second kappa shape index (κ2) is 6.26. The summed E-state index contributed by atoms with van der Waals surface area (Å²) in [7, 11) is 5.19. The maximum Gasteiger partial charge on any atom is 0.289 e. The number of aliphatic hydroxyl groups excluding tert-OH is 1. The number of hydrogen-bond donors (Lipinski definition) is 1. The Morgan fingerprint density at radius 3 is 2.96 bits per heavy atom. The molecule has 0 radical (unpaired) electrons. The van der Waals surface area contributed by atoms with Gasteiger partial charge in [0.25, 0.3) is 5.91 Å². The fraction of sp³-hybridized carbons (Fsp3) is 0.706. The topological polar surface area (TPSA) is 66.2 Å². The van der Waals surface area contributed by atoms with Crippen LogP contribution in [0.5, 0.6) is 0 Å². The zero-order valence-corrected chi connectivity index (χ0v) is 14.1. The Morgan fingerprint density at radius 1 is 1.48 bits per heavy atom. The first-order valence-electron chi connectivity index (χ1n) is 8.23. The number of likely N-dealkylation sites (tertiary alicyclic amines) is 1. The van der Waals surface area contributed by atoms with E-state index in [2.05, 4.69) is 4.90 Å². The van der Waals surface area contributed by atoms with Crippen LogP contribution in [-0.4, -0.2) is 66.3 Å². The summed E-state index contributed by atoms with van der Waals surface area (Å²) in [5, 5.41) is 10.0. The van der Waals surface area contributed by atoms with Crippen molar-refractivity contribution in [3.05, 3.63) is 23.7 Å². The van der Waals surface area contributed by atoms with Gasteiger partial charge in [-0.25, -0.2) is 0 Å². The Bertz CT molecular complexity index is 571. The van der Waals surface area contributed by atoms with E-state index in [-0.39, 0.29) is 23.7 Å². The summed E-state index contributed by atoms with van der Waals surface area (Å²) < 4.78 is 11.6. The average molecular weight is 322 g/mol. The van der Waals surface area contributed by atoms with Crippen molar-refractivity contribution in [1.29, 1.82) is 0 Å². The SMILES string of the molecule is CO[C@@]12CC[C@H](O)C[C@@H]1N(Cc1ccc(C(=O)N(C)C)o1)CC2. The van der Waals surface area contributed by atoms with Crippen molar-refractivity contribution in [2.75, 3.05) is 27.7 Å². The standard InChI is InChI=1S/C17H26N2O4/c1-18(2)16(21)14-5-4-13(23-14)11-19-9-8-17(22-3)7-6-12(20)10-15(17)19/h4-5,12,15,20H,6-11H2,1-3H3/t12-,15-,17+/m0/s1. The Kier molecular flexibility index (Phi) is 4.49. The van der Waals surface area contributed by atoms with Gasteiger partial charge in [-0.1, -0.05) is 0 Å². The van der Waals surface area contributed by atoms with Crippen molar-refractivity contribution in [1.82, 2.24) is 9.80 Å². The van der Waals surface area contributed by atoms with Crippen LogP contribution >= 0.6 is 0 Å². The maximum atomic E-state index is 11.9. The molecule has 23 heavy (non-hydrogen) atoms. The first-order chi connectivity index (χ1) is 10.9. The first-order valence-corrected chi connectivity index (χ1v) is 8.23. The fourth-order valence-corrected chi connectivity index (χ4v) is 3.96. The van der Waals surface area contributed by atoms with Crippen molar-refractivity contribution in [3.63, 3.8) is 0 Å². The number of carbonyl (C=O) groups excluding carboxylic acids is 1. The van der Waals surface area contributed by atoms with Gasteiger partial charge >= 0.3 is 0 Å². The van der Waals surface area contributed by atoms with Crippen LogP contribution in [0, 0.1) is 0 Å². The summed E-state index contributed by atoms with van der Waals surface area (Å²) in [5.41, 5.74) is -0.145. The number of carbonyl (C=O) groups is 1. The van der Waals surface area contributed by atoms with E-state index in [1.807, 2.05) is 6.07 Å². The summed E-state index contributed by atoms with van der Waals surface area (Å²) >= 11 is 0. The molecule has 2 fully saturated rings. The molecule has 6 nitrogen and oxygen atoms in total. The molecule has 128 valence electrons. The van der Waals surface area contributed by atoms with E-state index < -0.39 is 0 Å². The van der Waals surface area contributed by atoms with Crippen molar-refractivity contribution in [2.45, 2.75) is 50.0 Å². The van der Waals surface area contributed by atoms with Gasteiger partial charge in [-0.05, 0) is 37.8 Å². The van der Waals surface area contributed by atoms with Gasteiger partial charge < -0.3 is 19.2 Å². The van der Waals surface area contributed by atoms with E-state index in [0.29, 0.717) is 12.3 Å². The number of rotatable bonds is 4. The van der Waals surface area contributed by atoms with E-state index in [1.165, 1.54) is 4.90 Å². The minimum absolute atomic E-state index is 0.128. The zero-order chi connectivity index (χ0) is 16.6. The number of amides is 1. The molecule has 0 bridgehead atoms. The molecule has 1 aliphatic heterocycles. The Hall–Kier alpha value is -1.37. The largest absolute Gasteiger partial charge is 0.455 e. The molecule has 1 aliphatic carbocycles. The summed E-state index contributed by atoms with van der Waals surface area (Å²) in [6.45, 7) is 1.56. The highest BCUT2D eigenvalue weighted by Crippen LogP contribution is 2.43. The second-order valence-electron chi connectivity index (χ2n) is 6.90. The molecule has 0 spiro atoms. The van der Waals surface area contributed by atoms with Gasteiger partial charge in [0.1, 0.15) is 5.76 Å². The Balaban J connectivity index is 1.72. The quantitative estimate of drug-likeness (QED) is 0.910. The number of aliphatic hydroxyl groups is 1. The van der Waals surface area contributed by atoms with Gasteiger partial charge in [-0.2, -0.15) is 0 Å². The highest BCUT2D eigenvalue weighted by atomic mass is 16.5. The number of furan rings is 1. The van der Waals surface area contributed by atoms with Crippen LogP contribution in [0.2, 0.25) is 0 Å². The molecule has 1 N–H and O–H groups in total. The fourth-order valence-electron chi connectivity index (χ4n) is 3.96. The summed E-state index contributed by atoms with van der Waals surface area (Å²) in [5.74, 6) is 1.02. The lowest BCUT2D eigenvalue weighted by Crippen LogP contribution is -2.51. The van der Waals surface area contributed by atoms with Crippen LogP contribution in [0.1, 0.15) is 42.0 Å². The van der Waals surface area contributed by atoms with E-state index in [9.17, 15) is 9.90 Å². The predicted molar refractivity (Wildman–Crippen MR) is 85.1 cm³/mol. The number of hydrogen-bond acceptors (Lipinski definition) is 5. The number of ether oxygens (including phenoxy) is 1. The third-order valence-electron chi connectivity index (χ3n) is 5.31. The van der Waals surface area contributed by atoms with Gasteiger partial charge in [0.05, 0.1) is 18.2 Å². The maximum absolute atomic E-state index is 11.9. The lowest BCUT2D eigenvalue weighted by molar-refractivity contribution is -0.0885. The van der Waals surface area contributed by atoms with Gasteiger partial charge in [0, 0.05) is 33.8 Å². The molecule has 1 aromatic rings. The number of nitrogens with zero attached hydrogens (tertiary/aromatic N) is 2. The molecule has 3 rings (SSSR count). The van der Waals surface area contributed by atoms with Crippen LogP contribution in [0.3, 0.4) is 0 Å². The molecule has 2 aliphatic rings.